The van der Waals surface area contributed by atoms with Crippen molar-refractivity contribution in [3.05, 3.63) is 75.2 Å². The number of aryl methyl sites for hydroxylation is 1. The monoisotopic (exact) mass is 526 g/mol. The molecule has 1 atom stereocenters. The number of phenolic OH excluding ortho intramolecular Hbond substituents is 1. The smallest absolute Gasteiger partial charge is 0.243 e. The Morgan fingerprint density at radius 3 is 2.33 bits per heavy atom. The first-order valence-electron chi connectivity index (χ1n) is 9.89. The van der Waals surface area contributed by atoms with Crippen LogP contribution in [0.5, 0.6) is 5.75 Å². The molecule has 0 saturated carbocycles. The van der Waals surface area contributed by atoms with Gasteiger partial charge in [0.15, 0.2) is 9.84 Å². The average molecular weight is 528 g/mol. The molecule has 0 radical (unpaired) electrons. The third-order valence-corrected chi connectivity index (χ3v) is 8.16. The van der Waals surface area contributed by atoms with Gasteiger partial charge < -0.3 is 15.7 Å². The van der Waals surface area contributed by atoms with E-state index in [0.717, 1.165) is 5.56 Å². The minimum absolute atomic E-state index is 0.0582. The third-order valence-electron chi connectivity index (χ3n) is 4.90. The summed E-state index contributed by atoms with van der Waals surface area (Å²) in [7, 11) is -3.93. The number of hydrogen-bond acceptors (Lipinski definition) is 5. The topological polar surface area (TPSA) is 95.5 Å². The summed E-state index contributed by atoms with van der Waals surface area (Å²) in [4.78, 5) is 13.0. The molecule has 10 heteroatoms. The highest BCUT2D eigenvalue weighted by Crippen LogP contribution is 2.37. The Hall–Kier alpha value is -2.45. The van der Waals surface area contributed by atoms with E-state index in [2.05, 4.69) is 10.6 Å². The highest BCUT2D eigenvalue weighted by Gasteiger charge is 2.33. The SMILES string of the molecule is CCC(C(=O)Nc1cc(O)c(Nc2ccc(Cl)c(Cl)c2)cc1Cl)S(=O)(=O)c1cccc(C)c1. The van der Waals surface area contributed by atoms with Gasteiger partial charge in [0.2, 0.25) is 5.91 Å². The summed E-state index contributed by atoms with van der Waals surface area (Å²) in [6.45, 7) is 3.39. The molecule has 0 fully saturated rings. The quantitative estimate of drug-likeness (QED) is 0.301. The first kappa shape index (κ1) is 25.2. The number of halogens is 3. The minimum Gasteiger partial charge on any atom is -0.506 e. The van der Waals surface area contributed by atoms with Crippen molar-refractivity contribution in [3.8, 4) is 5.75 Å². The minimum atomic E-state index is -3.93. The molecule has 0 heterocycles. The van der Waals surface area contributed by atoms with Crippen LogP contribution < -0.4 is 10.6 Å². The highest BCUT2D eigenvalue weighted by atomic mass is 35.5. The molecule has 3 rings (SSSR count). The zero-order chi connectivity index (χ0) is 24.3. The molecule has 0 aromatic heterocycles. The van der Waals surface area contributed by atoms with Crippen molar-refractivity contribution >= 4 is 67.6 Å². The number of hydrogen-bond donors (Lipinski definition) is 3. The van der Waals surface area contributed by atoms with Gasteiger partial charge >= 0.3 is 0 Å². The van der Waals surface area contributed by atoms with Crippen LogP contribution in [0.4, 0.5) is 17.1 Å². The highest BCUT2D eigenvalue weighted by molar-refractivity contribution is 7.92. The van der Waals surface area contributed by atoms with Crippen molar-refractivity contribution in [2.75, 3.05) is 10.6 Å². The first-order valence-corrected chi connectivity index (χ1v) is 12.6. The molecule has 0 bridgehead atoms. The zero-order valence-corrected chi connectivity index (χ0v) is 20.8. The fourth-order valence-electron chi connectivity index (χ4n) is 3.20. The van der Waals surface area contributed by atoms with Crippen molar-refractivity contribution in [1.82, 2.24) is 0 Å². The fraction of sp³-hybridized carbons (Fsp3) is 0.174. The maximum Gasteiger partial charge on any atom is 0.243 e. The van der Waals surface area contributed by atoms with E-state index in [1.807, 2.05) is 0 Å². The van der Waals surface area contributed by atoms with E-state index < -0.39 is 21.0 Å². The van der Waals surface area contributed by atoms with Gasteiger partial charge in [-0.2, -0.15) is 0 Å². The number of nitrogens with one attached hydrogen (secondary N) is 2. The standard InChI is InChI=1S/C23H21Cl3N2O4S/c1-3-22(33(31,32)15-6-4-5-13(2)9-15)23(30)28-19-12-21(29)20(11-18(19)26)27-14-7-8-16(24)17(25)10-14/h4-12,22,27,29H,3H2,1-2H3,(H,28,30). The summed E-state index contributed by atoms with van der Waals surface area (Å²) in [6, 6.07) is 13.9. The number of sulfone groups is 1. The molecule has 6 nitrogen and oxygen atoms in total. The lowest BCUT2D eigenvalue weighted by Gasteiger charge is -2.18. The second-order valence-electron chi connectivity index (χ2n) is 7.35. The van der Waals surface area contributed by atoms with Gasteiger partial charge in [-0.1, -0.05) is 53.9 Å². The molecule has 0 aliphatic rings. The normalized spacial score (nSPS) is 12.3. The van der Waals surface area contributed by atoms with Gasteiger partial charge in [0.25, 0.3) is 0 Å². The van der Waals surface area contributed by atoms with E-state index in [4.69, 9.17) is 34.8 Å². The second kappa shape index (κ2) is 10.2. The van der Waals surface area contributed by atoms with E-state index in [1.165, 1.54) is 24.3 Å². The first-order chi connectivity index (χ1) is 15.5. The Labute approximate surface area is 207 Å². The van der Waals surface area contributed by atoms with Gasteiger partial charge in [-0.05, 0) is 55.3 Å². The molecule has 174 valence electrons. The molecule has 1 amide bonds. The summed E-state index contributed by atoms with van der Waals surface area (Å²) in [5.41, 5.74) is 1.67. The van der Waals surface area contributed by atoms with Gasteiger partial charge in [0, 0.05) is 11.8 Å². The van der Waals surface area contributed by atoms with Crippen LogP contribution in [0.1, 0.15) is 18.9 Å². The number of benzene rings is 3. The van der Waals surface area contributed by atoms with Crippen LogP contribution >= 0.6 is 34.8 Å². The van der Waals surface area contributed by atoms with Crippen LogP contribution in [-0.4, -0.2) is 24.7 Å². The molecular formula is C23H21Cl3N2O4S. The van der Waals surface area contributed by atoms with Crippen LogP contribution in [0, 0.1) is 6.92 Å². The molecule has 1 unspecified atom stereocenters. The van der Waals surface area contributed by atoms with Gasteiger partial charge in [-0.15, -0.1) is 0 Å². The molecule has 3 aromatic carbocycles. The fourth-order valence-corrected chi connectivity index (χ4v) is 5.44. The number of carbonyl (C=O) groups excluding carboxylic acids is 1. The van der Waals surface area contributed by atoms with Crippen LogP contribution in [0.2, 0.25) is 15.1 Å². The van der Waals surface area contributed by atoms with Gasteiger partial charge in [-0.3, -0.25) is 4.79 Å². The molecule has 0 aliphatic heterocycles. The second-order valence-corrected chi connectivity index (χ2v) is 10.7. The Morgan fingerprint density at radius 1 is 0.970 bits per heavy atom. The number of aromatic hydroxyl groups is 1. The Bertz CT molecular complexity index is 1310. The van der Waals surface area contributed by atoms with Crippen molar-refractivity contribution in [1.29, 1.82) is 0 Å². The van der Waals surface area contributed by atoms with E-state index in [1.54, 1.807) is 44.2 Å². The number of phenols is 1. The predicted octanol–water partition coefficient (Wildman–Crippen LogP) is 6.60. The maximum atomic E-state index is 13.0. The number of rotatable bonds is 7. The van der Waals surface area contributed by atoms with E-state index in [9.17, 15) is 18.3 Å². The summed E-state index contributed by atoms with van der Waals surface area (Å²) >= 11 is 18.2. The van der Waals surface area contributed by atoms with Crippen LogP contribution in [-0.2, 0) is 14.6 Å². The lowest BCUT2D eigenvalue weighted by atomic mass is 10.2. The summed E-state index contributed by atoms with van der Waals surface area (Å²) in [5, 5.41) is 15.4. The van der Waals surface area contributed by atoms with E-state index in [0.29, 0.717) is 15.7 Å². The summed E-state index contributed by atoms with van der Waals surface area (Å²) in [5.74, 6) is -0.958. The average Bonchev–Trinajstić information content (AvgIpc) is 2.74. The lowest BCUT2D eigenvalue weighted by molar-refractivity contribution is -0.115. The Kier molecular flexibility index (Phi) is 7.80. The molecule has 0 spiro atoms. The summed E-state index contributed by atoms with van der Waals surface area (Å²) < 4.78 is 26.1. The summed E-state index contributed by atoms with van der Waals surface area (Å²) in [6.07, 6.45) is 0.0582. The van der Waals surface area contributed by atoms with Crippen molar-refractivity contribution in [2.24, 2.45) is 0 Å². The van der Waals surface area contributed by atoms with Crippen molar-refractivity contribution in [3.63, 3.8) is 0 Å². The molecule has 33 heavy (non-hydrogen) atoms. The molecular weight excluding hydrogens is 507 g/mol. The van der Waals surface area contributed by atoms with Crippen molar-refractivity contribution in [2.45, 2.75) is 30.4 Å². The van der Waals surface area contributed by atoms with Gasteiger partial charge in [0.05, 0.1) is 31.3 Å². The molecule has 0 saturated heterocycles. The van der Waals surface area contributed by atoms with Crippen molar-refractivity contribution < 1.29 is 18.3 Å². The van der Waals surface area contributed by atoms with E-state index in [-0.39, 0.29) is 33.5 Å². The number of anilines is 3. The largest absolute Gasteiger partial charge is 0.506 e. The number of carbonyl (C=O) groups is 1. The number of amides is 1. The van der Waals surface area contributed by atoms with Gasteiger partial charge in [-0.25, -0.2) is 8.42 Å². The van der Waals surface area contributed by atoms with Gasteiger partial charge in [0.1, 0.15) is 11.0 Å². The lowest BCUT2D eigenvalue weighted by Crippen LogP contribution is -2.34. The molecule has 3 N–H and O–H groups in total. The van der Waals surface area contributed by atoms with E-state index >= 15 is 0 Å². The Balaban J connectivity index is 1.84. The molecule has 3 aromatic rings. The third kappa shape index (κ3) is 5.73. The van der Waals surface area contributed by atoms with Crippen LogP contribution in [0.3, 0.4) is 0 Å². The maximum absolute atomic E-state index is 13.0. The van der Waals surface area contributed by atoms with Crippen LogP contribution in [0.15, 0.2) is 59.5 Å². The zero-order valence-electron chi connectivity index (χ0n) is 17.7. The van der Waals surface area contributed by atoms with Crippen LogP contribution in [0.25, 0.3) is 0 Å². The predicted molar refractivity (Wildman–Crippen MR) is 134 cm³/mol. The molecule has 0 aliphatic carbocycles. The Morgan fingerprint density at radius 2 is 1.70 bits per heavy atom.